The van der Waals surface area contributed by atoms with Crippen molar-refractivity contribution in [1.82, 2.24) is 0 Å². The molecular weight excluding hydrogens is 232 g/mol. The molecule has 0 atom stereocenters. The van der Waals surface area contributed by atoms with Crippen molar-refractivity contribution in [3.63, 3.8) is 0 Å². The molecule has 1 aliphatic carbocycles. The van der Waals surface area contributed by atoms with E-state index in [4.69, 9.17) is 0 Å². The zero-order chi connectivity index (χ0) is 13.1. The first-order chi connectivity index (χ1) is 9.33. The molecule has 1 aromatic rings. The Hall–Kier alpha value is -1.18. The molecular formula is C17H26N2. The van der Waals surface area contributed by atoms with E-state index in [1.807, 2.05) is 0 Å². The maximum atomic E-state index is 3.53. The largest absolute Gasteiger partial charge is 0.385 e. The quantitative estimate of drug-likeness (QED) is 0.879. The number of anilines is 2. The van der Waals surface area contributed by atoms with Crippen LogP contribution in [0, 0.1) is 5.92 Å². The standard InChI is InChI=1S/C17H26N2/c1-19(13-14-6-3-2-4-7-14)16-10-9-15-8-5-11-18-17(15)12-16/h9-10,12,14,18H,2-8,11,13H2,1H3. The van der Waals surface area contributed by atoms with Crippen LogP contribution in [-0.4, -0.2) is 20.1 Å². The van der Waals surface area contributed by atoms with Gasteiger partial charge in [-0.2, -0.15) is 0 Å². The summed E-state index contributed by atoms with van der Waals surface area (Å²) in [7, 11) is 2.25. The third kappa shape index (κ3) is 3.05. The summed E-state index contributed by atoms with van der Waals surface area (Å²) >= 11 is 0. The van der Waals surface area contributed by atoms with E-state index in [1.54, 1.807) is 0 Å². The number of benzene rings is 1. The third-order valence-electron chi connectivity index (χ3n) is 4.73. The monoisotopic (exact) mass is 258 g/mol. The summed E-state index contributed by atoms with van der Waals surface area (Å²) < 4.78 is 0. The molecule has 0 bridgehead atoms. The van der Waals surface area contributed by atoms with Gasteiger partial charge in [0, 0.05) is 31.5 Å². The molecule has 1 heterocycles. The lowest BCUT2D eigenvalue weighted by molar-refractivity contribution is 0.362. The molecule has 2 nitrogen and oxygen atoms in total. The van der Waals surface area contributed by atoms with Gasteiger partial charge in [0.05, 0.1) is 0 Å². The number of nitrogens with one attached hydrogen (secondary N) is 1. The summed E-state index contributed by atoms with van der Waals surface area (Å²) in [6, 6.07) is 6.96. The van der Waals surface area contributed by atoms with E-state index in [0.717, 1.165) is 12.5 Å². The van der Waals surface area contributed by atoms with Gasteiger partial charge >= 0.3 is 0 Å². The summed E-state index contributed by atoms with van der Waals surface area (Å²) in [5.74, 6) is 0.905. The summed E-state index contributed by atoms with van der Waals surface area (Å²) in [4.78, 5) is 2.45. The van der Waals surface area contributed by atoms with Crippen molar-refractivity contribution in [2.24, 2.45) is 5.92 Å². The number of fused-ring (bicyclic) bond motifs is 1. The molecule has 0 radical (unpaired) electrons. The number of hydrogen-bond acceptors (Lipinski definition) is 2. The van der Waals surface area contributed by atoms with Gasteiger partial charge in [0.15, 0.2) is 0 Å². The Bertz CT molecular complexity index is 421. The zero-order valence-electron chi connectivity index (χ0n) is 12.1. The van der Waals surface area contributed by atoms with Crippen LogP contribution in [0.2, 0.25) is 0 Å². The topological polar surface area (TPSA) is 15.3 Å². The van der Waals surface area contributed by atoms with Crippen molar-refractivity contribution < 1.29 is 0 Å². The average molecular weight is 258 g/mol. The Balaban J connectivity index is 1.67. The molecule has 1 saturated carbocycles. The Morgan fingerprint density at radius 2 is 2.00 bits per heavy atom. The third-order valence-corrected chi connectivity index (χ3v) is 4.73. The maximum absolute atomic E-state index is 3.53. The minimum absolute atomic E-state index is 0.905. The summed E-state index contributed by atoms with van der Waals surface area (Å²) in [6.07, 6.45) is 9.66. The fraction of sp³-hybridized carbons (Fsp3) is 0.647. The van der Waals surface area contributed by atoms with Crippen LogP contribution in [0.1, 0.15) is 44.1 Å². The molecule has 19 heavy (non-hydrogen) atoms. The van der Waals surface area contributed by atoms with Gasteiger partial charge in [0.1, 0.15) is 0 Å². The van der Waals surface area contributed by atoms with Gasteiger partial charge in [-0.15, -0.1) is 0 Å². The fourth-order valence-electron chi connectivity index (χ4n) is 3.55. The van der Waals surface area contributed by atoms with Crippen molar-refractivity contribution in [3.8, 4) is 0 Å². The van der Waals surface area contributed by atoms with E-state index in [2.05, 4.69) is 35.5 Å². The summed E-state index contributed by atoms with van der Waals surface area (Å²) in [5, 5.41) is 3.53. The van der Waals surface area contributed by atoms with Crippen LogP contribution in [0.5, 0.6) is 0 Å². The lowest BCUT2D eigenvalue weighted by Gasteiger charge is -2.29. The second kappa shape index (κ2) is 5.85. The second-order valence-corrected chi connectivity index (χ2v) is 6.26. The normalized spacial score (nSPS) is 19.6. The number of aryl methyl sites for hydroxylation is 1. The smallest absolute Gasteiger partial charge is 0.0393 e. The van der Waals surface area contributed by atoms with Crippen molar-refractivity contribution in [1.29, 1.82) is 0 Å². The van der Waals surface area contributed by atoms with E-state index >= 15 is 0 Å². The van der Waals surface area contributed by atoms with Crippen LogP contribution in [0.4, 0.5) is 11.4 Å². The minimum atomic E-state index is 0.905. The van der Waals surface area contributed by atoms with Crippen LogP contribution in [-0.2, 0) is 6.42 Å². The highest BCUT2D eigenvalue weighted by Gasteiger charge is 2.16. The van der Waals surface area contributed by atoms with E-state index in [0.29, 0.717) is 0 Å². The van der Waals surface area contributed by atoms with Gasteiger partial charge in [0.2, 0.25) is 0 Å². The minimum Gasteiger partial charge on any atom is -0.385 e. The molecule has 0 aromatic heterocycles. The number of rotatable bonds is 3. The first-order valence-electron chi connectivity index (χ1n) is 7.91. The molecule has 2 heteroatoms. The van der Waals surface area contributed by atoms with Crippen molar-refractivity contribution >= 4 is 11.4 Å². The Labute approximate surface area is 117 Å². The maximum Gasteiger partial charge on any atom is 0.0393 e. The summed E-state index contributed by atoms with van der Waals surface area (Å²) in [6.45, 7) is 2.35. The summed E-state index contributed by atoms with van der Waals surface area (Å²) in [5.41, 5.74) is 4.22. The average Bonchev–Trinajstić information content (AvgIpc) is 2.48. The molecule has 0 saturated heterocycles. The second-order valence-electron chi connectivity index (χ2n) is 6.26. The van der Waals surface area contributed by atoms with Crippen molar-refractivity contribution in [3.05, 3.63) is 23.8 Å². The van der Waals surface area contributed by atoms with Crippen LogP contribution in [0.25, 0.3) is 0 Å². The molecule has 1 aliphatic heterocycles. The zero-order valence-corrected chi connectivity index (χ0v) is 12.1. The fourth-order valence-corrected chi connectivity index (χ4v) is 3.55. The van der Waals surface area contributed by atoms with Gasteiger partial charge in [0.25, 0.3) is 0 Å². The van der Waals surface area contributed by atoms with Gasteiger partial charge in [-0.05, 0) is 49.3 Å². The van der Waals surface area contributed by atoms with Crippen molar-refractivity contribution in [2.45, 2.75) is 44.9 Å². The number of hydrogen-bond donors (Lipinski definition) is 1. The van der Waals surface area contributed by atoms with E-state index in [-0.39, 0.29) is 0 Å². The van der Waals surface area contributed by atoms with Crippen LogP contribution in [0.15, 0.2) is 18.2 Å². The lowest BCUT2D eigenvalue weighted by atomic mass is 9.89. The van der Waals surface area contributed by atoms with E-state index in [9.17, 15) is 0 Å². The molecule has 1 N–H and O–H groups in total. The number of nitrogens with zero attached hydrogens (tertiary/aromatic N) is 1. The highest BCUT2D eigenvalue weighted by molar-refractivity contribution is 5.63. The molecule has 104 valence electrons. The van der Waals surface area contributed by atoms with Crippen LogP contribution < -0.4 is 10.2 Å². The highest BCUT2D eigenvalue weighted by Crippen LogP contribution is 2.29. The lowest BCUT2D eigenvalue weighted by Crippen LogP contribution is -2.27. The first-order valence-corrected chi connectivity index (χ1v) is 7.91. The predicted molar refractivity (Wildman–Crippen MR) is 83.1 cm³/mol. The van der Waals surface area contributed by atoms with Gasteiger partial charge < -0.3 is 10.2 Å². The Kier molecular flexibility index (Phi) is 3.95. The van der Waals surface area contributed by atoms with Gasteiger partial charge in [-0.25, -0.2) is 0 Å². The molecule has 0 spiro atoms. The van der Waals surface area contributed by atoms with Crippen molar-refractivity contribution in [2.75, 3.05) is 30.4 Å². The van der Waals surface area contributed by atoms with Crippen LogP contribution >= 0.6 is 0 Å². The Morgan fingerprint density at radius 1 is 1.16 bits per heavy atom. The molecule has 3 rings (SSSR count). The Morgan fingerprint density at radius 3 is 2.84 bits per heavy atom. The highest BCUT2D eigenvalue weighted by atomic mass is 15.1. The van der Waals surface area contributed by atoms with Gasteiger partial charge in [-0.3, -0.25) is 0 Å². The van der Waals surface area contributed by atoms with E-state index < -0.39 is 0 Å². The molecule has 2 aliphatic rings. The van der Waals surface area contributed by atoms with Crippen LogP contribution in [0.3, 0.4) is 0 Å². The molecule has 1 fully saturated rings. The van der Waals surface area contributed by atoms with Gasteiger partial charge in [-0.1, -0.05) is 25.3 Å². The van der Waals surface area contributed by atoms with E-state index in [1.165, 1.54) is 68.4 Å². The SMILES string of the molecule is CN(CC1CCCCC1)c1ccc2c(c1)NCCC2. The predicted octanol–water partition coefficient (Wildman–Crippen LogP) is 4.06. The molecule has 0 amide bonds. The molecule has 0 unspecified atom stereocenters. The first kappa shape index (κ1) is 12.8. The molecule has 1 aromatic carbocycles.